The molecule has 0 unspecified atom stereocenters. The van der Waals surface area contributed by atoms with Crippen molar-refractivity contribution in [2.24, 2.45) is 0 Å². The number of nitrogens with zero attached hydrogens (tertiary/aromatic N) is 1. The number of aryl methyl sites for hydroxylation is 1. The van der Waals surface area contributed by atoms with E-state index in [0.29, 0.717) is 19.2 Å². The van der Waals surface area contributed by atoms with E-state index in [1.165, 1.54) is 5.56 Å². The third-order valence-corrected chi connectivity index (χ3v) is 2.75. The first-order valence-electron chi connectivity index (χ1n) is 6.18. The molecule has 3 nitrogen and oxygen atoms in total. The van der Waals surface area contributed by atoms with E-state index >= 15 is 0 Å². The molecule has 17 heavy (non-hydrogen) atoms. The van der Waals surface area contributed by atoms with Crippen LogP contribution in [0.25, 0.3) is 0 Å². The minimum Gasteiger partial charge on any atom is -0.492 e. The van der Waals surface area contributed by atoms with Gasteiger partial charge in [-0.25, -0.2) is 0 Å². The second kappa shape index (κ2) is 7.30. The normalized spacial score (nSPS) is 11.2. The van der Waals surface area contributed by atoms with Crippen LogP contribution < -0.4 is 4.74 Å². The fraction of sp³-hybridized carbons (Fsp3) is 0.571. The van der Waals surface area contributed by atoms with Gasteiger partial charge < -0.3 is 9.84 Å². The minimum absolute atomic E-state index is 0.197. The van der Waals surface area contributed by atoms with E-state index in [1.54, 1.807) is 0 Å². The fourth-order valence-corrected chi connectivity index (χ4v) is 1.74. The maximum atomic E-state index is 8.96. The summed E-state index contributed by atoms with van der Waals surface area (Å²) in [5, 5.41) is 8.96. The first kappa shape index (κ1) is 14.0. The predicted molar refractivity (Wildman–Crippen MR) is 70.5 cm³/mol. The summed E-state index contributed by atoms with van der Waals surface area (Å²) in [5.74, 6) is 0.915. The Hall–Kier alpha value is -1.06. The van der Waals surface area contributed by atoms with Crippen molar-refractivity contribution in [3.05, 3.63) is 29.8 Å². The monoisotopic (exact) mass is 237 g/mol. The van der Waals surface area contributed by atoms with E-state index in [-0.39, 0.29) is 6.61 Å². The lowest BCUT2D eigenvalue weighted by atomic mass is 10.2. The first-order chi connectivity index (χ1) is 8.13. The molecule has 0 aliphatic carbocycles. The van der Waals surface area contributed by atoms with E-state index in [9.17, 15) is 0 Å². The molecule has 0 saturated carbocycles. The van der Waals surface area contributed by atoms with Gasteiger partial charge >= 0.3 is 0 Å². The van der Waals surface area contributed by atoms with Gasteiger partial charge in [0.25, 0.3) is 0 Å². The summed E-state index contributed by atoms with van der Waals surface area (Å²) in [4.78, 5) is 2.20. The molecule has 0 heterocycles. The van der Waals surface area contributed by atoms with E-state index in [4.69, 9.17) is 9.84 Å². The molecule has 0 saturated heterocycles. The molecule has 0 aliphatic rings. The van der Waals surface area contributed by atoms with Crippen LogP contribution in [0.1, 0.15) is 19.4 Å². The molecule has 0 fully saturated rings. The molecule has 1 aromatic carbocycles. The van der Waals surface area contributed by atoms with Gasteiger partial charge in [-0.15, -0.1) is 0 Å². The van der Waals surface area contributed by atoms with Gasteiger partial charge in [-0.1, -0.05) is 12.1 Å². The van der Waals surface area contributed by atoms with E-state index in [2.05, 4.69) is 31.7 Å². The SMILES string of the molecule is Cc1cccc(OCCN(CCO)C(C)C)c1. The Labute approximate surface area is 104 Å². The van der Waals surface area contributed by atoms with Gasteiger partial charge in [0.1, 0.15) is 12.4 Å². The Morgan fingerprint density at radius 1 is 1.29 bits per heavy atom. The average Bonchev–Trinajstić information content (AvgIpc) is 2.28. The van der Waals surface area contributed by atoms with Crippen LogP contribution in [-0.2, 0) is 0 Å². The number of hydrogen-bond donors (Lipinski definition) is 1. The average molecular weight is 237 g/mol. The maximum absolute atomic E-state index is 8.96. The Bertz CT molecular complexity index is 326. The van der Waals surface area contributed by atoms with Crippen LogP contribution in [0.2, 0.25) is 0 Å². The van der Waals surface area contributed by atoms with Gasteiger partial charge in [-0.2, -0.15) is 0 Å². The van der Waals surface area contributed by atoms with Gasteiger partial charge in [-0.05, 0) is 38.5 Å². The topological polar surface area (TPSA) is 32.7 Å². The van der Waals surface area contributed by atoms with E-state index in [1.807, 2.05) is 18.2 Å². The summed E-state index contributed by atoms with van der Waals surface area (Å²) >= 11 is 0. The summed E-state index contributed by atoms with van der Waals surface area (Å²) in [6.07, 6.45) is 0. The molecule has 0 aromatic heterocycles. The van der Waals surface area contributed by atoms with Crippen LogP contribution in [0.5, 0.6) is 5.75 Å². The highest BCUT2D eigenvalue weighted by atomic mass is 16.5. The number of hydrogen-bond acceptors (Lipinski definition) is 3. The fourth-order valence-electron chi connectivity index (χ4n) is 1.74. The molecule has 1 aromatic rings. The maximum Gasteiger partial charge on any atom is 0.119 e. The first-order valence-corrected chi connectivity index (χ1v) is 6.18. The Morgan fingerprint density at radius 2 is 2.06 bits per heavy atom. The number of rotatable bonds is 7. The zero-order valence-corrected chi connectivity index (χ0v) is 11.0. The predicted octanol–water partition coefficient (Wildman–Crippen LogP) is 2.08. The van der Waals surface area contributed by atoms with E-state index < -0.39 is 0 Å². The van der Waals surface area contributed by atoms with Crippen molar-refractivity contribution in [3.63, 3.8) is 0 Å². The molecular weight excluding hydrogens is 214 g/mol. The van der Waals surface area contributed by atoms with Crippen LogP contribution in [0, 0.1) is 6.92 Å². The van der Waals surface area contributed by atoms with Crippen molar-refractivity contribution in [3.8, 4) is 5.75 Å². The number of benzene rings is 1. The van der Waals surface area contributed by atoms with Crippen molar-refractivity contribution >= 4 is 0 Å². The Morgan fingerprint density at radius 3 is 2.65 bits per heavy atom. The summed E-state index contributed by atoms with van der Waals surface area (Å²) in [5.41, 5.74) is 1.21. The molecule has 0 amide bonds. The number of aliphatic hydroxyl groups is 1. The smallest absolute Gasteiger partial charge is 0.119 e. The summed E-state index contributed by atoms with van der Waals surface area (Å²) in [6, 6.07) is 8.49. The highest BCUT2D eigenvalue weighted by molar-refractivity contribution is 5.27. The summed E-state index contributed by atoms with van der Waals surface area (Å²) in [6.45, 7) is 8.70. The van der Waals surface area contributed by atoms with E-state index in [0.717, 1.165) is 12.3 Å². The molecule has 0 atom stereocenters. The molecule has 0 bridgehead atoms. The second-order valence-electron chi connectivity index (χ2n) is 4.52. The van der Waals surface area contributed by atoms with Crippen molar-refractivity contribution in [2.45, 2.75) is 26.8 Å². The summed E-state index contributed by atoms with van der Waals surface area (Å²) in [7, 11) is 0. The number of ether oxygens (including phenoxy) is 1. The van der Waals surface area contributed by atoms with Crippen molar-refractivity contribution in [2.75, 3.05) is 26.3 Å². The quantitative estimate of drug-likeness (QED) is 0.788. The van der Waals surface area contributed by atoms with Gasteiger partial charge in [0.05, 0.1) is 6.61 Å². The highest BCUT2D eigenvalue weighted by Crippen LogP contribution is 2.12. The van der Waals surface area contributed by atoms with Crippen molar-refractivity contribution in [1.82, 2.24) is 4.90 Å². The third kappa shape index (κ3) is 5.20. The van der Waals surface area contributed by atoms with Crippen LogP contribution in [0.15, 0.2) is 24.3 Å². The molecule has 0 radical (unpaired) electrons. The van der Waals surface area contributed by atoms with Gasteiger partial charge in [0.2, 0.25) is 0 Å². The lowest BCUT2D eigenvalue weighted by Crippen LogP contribution is -2.36. The molecule has 3 heteroatoms. The van der Waals surface area contributed by atoms with Gasteiger partial charge in [0, 0.05) is 19.1 Å². The van der Waals surface area contributed by atoms with Crippen LogP contribution in [0.4, 0.5) is 0 Å². The van der Waals surface area contributed by atoms with Crippen LogP contribution in [-0.4, -0.2) is 42.4 Å². The van der Waals surface area contributed by atoms with Crippen LogP contribution in [0.3, 0.4) is 0 Å². The van der Waals surface area contributed by atoms with Gasteiger partial charge in [-0.3, -0.25) is 4.90 Å². The van der Waals surface area contributed by atoms with Crippen molar-refractivity contribution in [1.29, 1.82) is 0 Å². The Kier molecular flexibility index (Phi) is 6.01. The Balaban J connectivity index is 2.35. The van der Waals surface area contributed by atoms with Gasteiger partial charge in [0.15, 0.2) is 0 Å². The highest BCUT2D eigenvalue weighted by Gasteiger charge is 2.08. The lowest BCUT2D eigenvalue weighted by molar-refractivity contribution is 0.141. The number of aliphatic hydroxyl groups excluding tert-OH is 1. The molecular formula is C14H23NO2. The molecule has 0 spiro atoms. The molecule has 1 rings (SSSR count). The molecule has 1 N–H and O–H groups in total. The van der Waals surface area contributed by atoms with Crippen molar-refractivity contribution < 1.29 is 9.84 Å². The molecule has 0 aliphatic heterocycles. The zero-order chi connectivity index (χ0) is 12.7. The molecule has 96 valence electrons. The standard InChI is InChI=1S/C14H23NO2/c1-12(2)15(7-9-16)8-10-17-14-6-4-5-13(3)11-14/h4-6,11-12,16H,7-10H2,1-3H3. The summed E-state index contributed by atoms with van der Waals surface area (Å²) < 4.78 is 5.69. The third-order valence-electron chi connectivity index (χ3n) is 2.75. The zero-order valence-electron chi connectivity index (χ0n) is 11.0. The minimum atomic E-state index is 0.197. The second-order valence-corrected chi connectivity index (χ2v) is 4.52. The van der Waals surface area contributed by atoms with Crippen LogP contribution >= 0.6 is 0 Å². The lowest BCUT2D eigenvalue weighted by Gasteiger charge is -2.25. The largest absolute Gasteiger partial charge is 0.492 e.